The molecule has 3 N–H and O–H groups in total. The summed E-state index contributed by atoms with van der Waals surface area (Å²) in [4.78, 5) is 34.2. The van der Waals surface area contributed by atoms with Gasteiger partial charge in [-0.2, -0.15) is 0 Å². The van der Waals surface area contributed by atoms with Gasteiger partial charge in [-0.25, -0.2) is 9.78 Å². The standard InChI is InChI=1S/C32H38N6O3/c1-3-36-17-12-24(13-18-36)23-5-7-25(8-6-23)31(40)35-30-22-28(11-15-34-30)37(16-4-20-39)27-9-10-29-26(21-27)14-19-38(29)32(41)33-2/h5-11,14-15,19,21-22,24,39H,3-4,12-13,16-18,20H2,1-2H3,(H,33,41)(H,34,35,40). The third kappa shape index (κ3) is 6.42. The maximum atomic E-state index is 13.1. The molecule has 4 aromatic rings. The molecule has 214 valence electrons. The minimum absolute atomic E-state index is 0.0498. The molecule has 0 saturated carbocycles. The lowest BCUT2D eigenvalue weighted by Crippen LogP contribution is -2.32. The summed E-state index contributed by atoms with van der Waals surface area (Å²) in [6.07, 6.45) is 6.27. The second kappa shape index (κ2) is 13.0. The van der Waals surface area contributed by atoms with Gasteiger partial charge in [0.2, 0.25) is 0 Å². The van der Waals surface area contributed by atoms with Crippen LogP contribution in [0.2, 0.25) is 0 Å². The van der Waals surface area contributed by atoms with E-state index in [2.05, 4.69) is 44.5 Å². The molecule has 0 aliphatic carbocycles. The Morgan fingerprint density at radius 2 is 1.78 bits per heavy atom. The van der Waals surface area contributed by atoms with Crippen LogP contribution in [-0.2, 0) is 0 Å². The number of benzene rings is 2. The van der Waals surface area contributed by atoms with Gasteiger partial charge in [0, 0.05) is 61.0 Å². The molecule has 0 unspecified atom stereocenters. The van der Waals surface area contributed by atoms with Crippen molar-refractivity contribution in [2.24, 2.45) is 0 Å². The maximum absolute atomic E-state index is 13.1. The Morgan fingerprint density at radius 3 is 2.49 bits per heavy atom. The van der Waals surface area contributed by atoms with Crippen LogP contribution in [0, 0.1) is 0 Å². The van der Waals surface area contributed by atoms with E-state index in [1.807, 2.05) is 48.5 Å². The number of pyridine rings is 1. The van der Waals surface area contributed by atoms with Gasteiger partial charge in [-0.05, 0) is 92.8 Å². The number of rotatable bonds is 9. The number of nitrogens with one attached hydrogen (secondary N) is 2. The molecule has 9 nitrogen and oxygen atoms in total. The average Bonchev–Trinajstić information content (AvgIpc) is 3.45. The largest absolute Gasteiger partial charge is 0.396 e. The minimum Gasteiger partial charge on any atom is -0.396 e. The molecule has 5 rings (SSSR count). The fraction of sp³-hybridized carbons (Fsp3) is 0.344. The highest BCUT2D eigenvalue weighted by Crippen LogP contribution is 2.31. The number of aliphatic hydroxyl groups excluding tert-OH is 1. The van der Waals surface area contributed by atoms with Crippen molar-refractivity contribution >= 4 is 40.0 Å². The summed E-state index contributed by atoms with van der Waals surface area (Å²) in [7, 11) is 1.60. The van der Waals surface area contributed by atoms with Gasteiger partial charge in [0.25, 0.3) is 5.91 Å². The number of hydrogen-bond acceptors (Lipinski definition) is 6. The molecule has 1 fully saturated rings. The molecule has 1 aliphatic heterocycles. The zero-order valence-corrected chi connectivity index (χ0v) is 23.7. The monoisotopic (exact) mass is 554 g/mol. The Balaban J connectivity index is 1.32. The maximum Gasteiger partial charge on any atom is 0.325 e. The lowest BCUT2D eigenvalue weighted by atomic mass is 9.89. The fourth-order valence-corrected chi connectivity index (χ4v) is 5.56. The van der Waals surface area contributed by atoms with Crippen molar-refractivity contribution in [3.05, 3.63) is 84.2 Å². The molecule has 0 radical (unpaired) electrons. The quantitative estimate of drug-likeness (QED) is 0.263. The number of fused-ring (bicyclic) bond motifs is 1. The third-order valence-corrected chi connectivity index (χ3v) is 7.93. The van der Waals surface area contributed by atoms with E-state index in [0.717, 1.165) is 54.8 Å². The third-order valence-electron chi connectivity index (χ3n) is 7.93. The van der Waals surface area contributed by atoms with Crippen LogP contribution in [-0.4, -0.2) is 71.3 Å². The lowest BCUT2D eigenvalue weighted by Gasteiger charge is -2.31. The second-order valence-electron chi connectivity index (χ2n) is 10.4. The van der Waals surface area contributed by atoms with E-state index >= 15 is 0 Å². The molecule has 1 aliphatic rings. The highest BCUT2D eigenvalue weighted by Gasteiger charge is 2.20. The van der Waals surface area contributed by atoms with E-state index in [9.17, 15) is 14.7 Å². The Bertz CT molecular complexity index is 1490. The van der Waals surface area contributed by atoms with Gasteiger partial charge < -0.3 is 25.5 Å². The highest BCUT2D eigenvalue weighted by molar-refractivity contribution is 6.04. The number of carbonyl (C=O) groups excluding carboxylic acids is 2. The van der Waals surface area contributed by atoms with Crippen molar-refractivity contribution in [1.29, 1.82) is 0 Å². The van der Waals surface area contributed by atoms with Gasteiger partial charge in [0.05, 0.1) is 5.52 Å². The van der Waals surface area contributed by atoms with Crippen LogP contribution >= 0.6 is 0 Å². The van der Waals surface area contributed by atoms with Crippen LogP contribution in [0.5, 0.6) is 0 Å². The normalized spacial score (nSPS) is 14.2. The van der Waals surface area contributed by atoms with Crippen LogP contribution < -0.4 is 15.5 Å². The molecule has 0 bridgehead atoms. The molecule has 41 heavy (non-hydrogen) atoms. The van der Waals surface area contributed by atoms with Gasteiger partial charge in [-0.1, -0.05) is 19.1 Å². The molecule has 0 atom stereocenters. The number of amides is 2. The molecule has 9 heteroatoms. The van der Waals surface area contributed by atoms with Crippen molar-refractivity contribution in [2.75, 3.05) is 50.1 Å². The van der Waals surface area contributed by atoms with Crippen molar-refractivity contribution in [2.45, 2.75) is 32.1 Å². The lowest BCUT2D eigenvalue weighted by molar-refractivity contribution is 0.102. The summed E-state index contributed by atoms with van der Waals surface area (Å²) < 4.78 is 1.57. The smallest absolute Gasteiger partial charge is 0.325 e. The van der Waals surface area contributed by atoms with E-state index in [-0.39, 0.29) is 18.5 Å². The van der Waals surface area contributed by atoms with E-state index in [1.165, 1.54) is 5.56 Å². The van der Waals surface area contributed by atoms with Crippen molar-refractivity contribution in [3.8, 4) is 0 Å². The van der Waals surface area contributed by atoms with E-state index < -0.39 is 0 Å². The molecule has 2 aromatic heterocycles. The first-order chi connectivity index (χ1) is 20.0. The van der Waals surface area contributed by atoms with Crippen molar-refractivity contribution in [1.82, 2.24) is 19.8 Å². The van der Waals surface area contributed by atoms with Crippen LogP contribution in [0.1, 0.15) is 48.0 Å². The molecular weight excluding hydrogens is 516 g/mol. The molecular formula is C32H38N6O3. The number of aromatic nitrogens is 2. The SMILES string of the molecule is CCN1CCC(c2ccc(C(=O)Nc3cc(N(CCCO)c4ccc5c(ccn5C(=O)NC)c4)ccn3)cc2)CC1. The number of anilines is 3. The molecule has 0 spiro atoms. The average molecular weight is 555 g/mol. The van der Waals surface area contributed by atoms with E-state index in [1.54, 1.807) is 24.0 Å². The predicted molar refractivity (Wildman–Crippen MR) is 163 cm³/mol. The predicted octanol–water partition coefficient (Wildman–Crippen LogP) is 5.20. The first kappa shape index (κ1) is 28.3. The number of carbonyl (C=O) groups is 2. The van der Waals surface area contributed by atoms with Gasteiger partial charge in [-0.15, -0.1) is 0 Å². The van der Waals surface area contributed by atoms with Crippen LogP contribution in [0.4, 0.5) is 22.0 Å². The van der Waals surface area contributed by atoms with Gasteiger partial charge in [0.1, 0.15) is 5.82 Å². The number of aliphatic hydroxyl groups is 1. The first-order valence-electron chi connectivity index (χ1n) is 14.3. The number of nitrogens with zero attached hydrogens (tertiary/aromatic N) is 4. The van der Waals surface area contributed by atoms with E-state index in [4.69, 9.17) is 0 Å². The first-order valence-corrected chi connectivity index (χ1v) is 14.3. The minimum atomic E-state index is -0.208. The summed E-state index contributed by atoms with van der Waals surface area (Å²) in [5, 5.41) is 16.1. The molecule has 3 heterocycles. The highest BCUT2D eigenvalue weighted by atomic mass is 16.3. The summed E-state index contributed by atoms with van der Waals surface area (Å²) in [5.74, 6) is 0.782. The van der Waals surface area contributed by atoms with Crippen LogP contribution in [0.3, 0.4) is 0 Å². The Labute approximate surface area is 240 Å². The number of hydrogen-bond donors (Lipinski definition) is 3. The second-order valence-corrected chi connectivity index (χ2v) is 10.4. The zero-order chi connectivity index (χ0) is 28.8. The Morgan fingerprint density at radius 1 is 1.02 bits per heavy atom. The van der Waals surface area contributed by atoms with Gasteiger partial charge in [-0.3, -0.25) is 9.36 Å². The zero-order valence-electron chi connectivity index (χ0n) is 23.7. The Kier molecular flexibility index (Phi) is 8.96. The topological polar surface area (TPSA) is 103 Å². The van der Waals surface area contributed by atoms with Crippen molar-refractivity contribution in [3.63, 3.8) is 0 Å². The van der Waals surface area contributed by atoms with Gasteiger partial charge in [0.15, 0.2) is 0 Å². The molecule has 2 amide bonds. The number of piperidine rings is 1. The van der Waals surface area contributed by atoms with Crippen LogP contribution in [0.25, 0.3) is 10.9 Å². The van der Waals surface area contributed by atoms with Crippen LogP contribution in [0.15, 0.2) is 73.1 Å². The molecule has 1 saturated heterocycles. The summed E-state index contributed by atoms with van der Waals surface area (Å²) >= 11 is 0. The summed E-state index contributed by atoms with van der Waals surface area (Å²) in [5.41, 5.74) is 4.43. The van der Waals surface area contributed by atoms with Crippen molar-refractivity contribution < 1.29 is 14.7 Å². The molecule has 2 aromatic carbocycles. The fourth-order valence-electron chi connectivity index (χ4n) is 5.56. The van der Waals surface area contributed by atoms with E-state index in [0.29, 0.717) is 30.3 Å². The summed E-state index contributed by atoms with van der Waals surface area (Å²) in [6.45, 7) is 6.17. The Hall–Kier alpha value is -4.21. The number of likely N-dealkylation sites (tertiary alicyclic amines) is 1. The van der Waals surface area contributed by atoms with Gasteiger partial charge >= 0.3 is 6.03 Å². The summed E-state index contributed by atoms with van der Waals surface area (Å²) in [6, 6.07) is 19.2.